The average molecular weight is 189 g/mol. The van der Waals surface area contributed by atoms with Gasteiger partial charge in [0.25, 0.3) is 6.07 Å². The Morgan fingerprint density at radius 1 is 1.29 bits per heavy atom. The SMILES string of the molecule is CC(C)[C@H](C#[NH+])NCc1ccccc1. The number of rotatable bonds is 4. The monoisotopic (exact) mass is 189 g/mol. The van der Waals surface area contributed by atoms with Gasteiger partial charge in [0, 0.05) is 6.54 Å². The minimum atomic E-state index is 0.0511. The molecular weight excluding hydrogens is 172 g/mol. The highest BCUT2D eigenvalue weighted by Gasteiger charge is 2.14. The van der Waals surface area contributed by atoms with Gasteiger partial charge in [-0.05, 0) is 11.5 Å². The zero-order valence-electron chi connectivity index (χ0n) is 8.75. The second kappa shape index (κ2) is 5.41. The van der Waals surface area contributed by atoms with Gasteiger partial charge in [0.05, 0.1) is 0 Å². The van der Waals surface area contributed by atoms with Crippen molar-refractivity contribution in [2.75, 3.05) is 0 Å². The van der Waals surface area contributed by atoms with Crippen LogP contribution in [0.25, 0.3) is 0 Å². The average Bonchev–Trinajstić information content (AvgIpc) is 2.20. The Balaban J connectivity index is 2.45. The first-order valence-electron chi connectivity index (χ1n) is 4.93. The lowest BCUT2D eigenvalue weighted by atomic mass is 10.1. The van der Waals surface area contributed by atoms with E-state index in [4.69, 9.17) is 5.26 Å². The van der Waals surface area contributed by atoms with E-state index in [-0.39, 0.29) is 6.04 Å². The Bertz CT molecular complexity index is 298. The van der Waals surface area contributed by atoms with Crippen molar-refractivity contribution in [3.8, 4) is 6.07 Å². The fraction of sp³-hybridized carbons (Fsp3) is 0.417. The fourth-order valence-corrected chi connectivity index (χ4v) is 1.28. The summed E-state index contributed by atoms with van der Waals surface area (Å²) in [6, 6.07) is 12.8. The maximum Gasteiger partial charge on any atom is 0.289 e. The van der Waals surface area contributed by atoms with E-state index in [9.17, 15) is 0 Å². The topological polar surface area (TPSA) is 35.8 Å². The molecule has 0 amide bonds. The van der Waals surface area contributed by atoms with Crippen LogP contribution in [0.1, 0.15) is 19.4 Å². The van der Waals surface area contributed by atoms with Crippen molar-refractivity contribution in [3.05, 3.63) is 35.9 Å². The van der Waals surface area contributed by atoms with Gasteiger partial charge in [-0.25, -0.2) is 0 Å². The van der Waals surface area contributed by atoms with Crippen molar-refractivity contribution >= 4 is 0 Å². The first-order valence-corrected chi connectivity index (χ1v) is 4.93. The zero-order chi connectivity index (χ0) is 10.4. The Kier molecular flexibility index (Phi) is 4.15. The Labute approximate surface area is 85.6 Å². The van der Waals surface area contributed by atoms with Gasteiger partial charge in [0.15, 0.2) is 0 Å². The molecule has 0 unspecified atom stereocenters. The lowest BCUT2D eigenvalue weighted by molar-refractivity contribution is -0.0978. The van der Waals surface area contributed by atoms with Gasteiger partial charge in [0.2, 0.25) is 0 Å². The first kappa shape index (κ1) is 10.7. The van der Waals surface area contributed by atoms with Gasteiger partial charge in [-0.2, -0.15) is 0 Å². The molecule has 0 saturated heterocycles. The van der Waals surface area contributed by atoms with E-state index in [1.54, 1.807) is 0 Å². The van der Waals surface area contributed by atoms with Gasteiger partial charge < -0.3 is 0 Å². The van der Waals surface area contributed by atoms with Crippen molar-refractivity contribution in [2.24, 2.45) is 5.92 Å². The maximum atomic E-state index is 7.14. The second-order valence-electron chi connectivity index (χ2n) is 3.73. The van der Waals surface area contributed by atoms with Gasteiger partial charge >= 0.3 is 0 Å². The van der Waals surface area contributed by atoms with Crippen LogP contribution >= 0.6 is 0 Å². The van der Waals surface area contributed by atoms with Crippen LogP contribution in [0.4, 0.5) is 0 Å². The number of nitrogens with one attached hydrogen (secondary N) is 2. The first-order chi connectivity index (χ1) is 6.74. The summed E-state index contributed by atoms with van der Waals surface area (Å²) in [5.41, 5.74) is 1.24. The van der Waals surface area contributed by atoms with E-state index in [0.29, 0.717) is 5.92 Å². The molecule has 2 heteroatoms. The second-order valence-corrected chi connectivity index (χ2v) is 3.73. The van der Waals surface area contributed by atoms with Crippen molar-refractivity contribution in [3.63, 3.8) is 0 Å². The summed E-state index contributed by atoms with van der Waals surface area (Å²) in [5, 5.41) is 10.4. The minimum absolute atomic E-state index is 0.0511. The van der Waals surface area contributed by atoms with E-state index in [1.807, 2.05) is 18.2 Å². The quantitative estimate of drug-likeness (QED) is 0.714. The van der Waals surface area contributed by atoms with Crippen molar-refractivity contribution in [1.29, 1.82) is 0 Å². The van der Waals surface area contributed by atoms with Crippen molar-refractivity contribution in [2.45, 2.75) is 26.4 Å². The van der Waals surface area contributed by atoms with Crippen LogP contribution in [0.3, 0.4) is 0 Å². The highest BCUT2D eigenvalue weighted by Crippen LogP contribution is 2.02. The Morgan fingerprint density at radius 2 is 1.93 bits per heavy atom. The van der Waals surface area contributed by atoms with Gasteiger partial charge in [0.1, 0.15) is 6.04 Å². The highest BCUT2D eigenvalue weighted by atomic mass is 14.9. The summed E-state index contributed by atoms with van der Waals surface area (Å²) in [4.78, 5) is 0. The largest absolute Gasteiger partial charge is 0.294 e. The molecule has 0 aromatic heterocycles. The Hall–Kier alpha value is -1.33. The maximum absolute atomic E-state index is 7.14. The third-order valence-corrected chi connectivity index (χ3v) is 2.19. The summed E-state index contributed by atoms with van der Waals surface area (Å²) in [6.45, 7) is 4.98. The molecule has 0 aliphatic rings. The van der Waals surface area contributed by atoms with Crippen LogP contribution in [-0.2, 0) is 6.54 Å². The molecular formula is C12H17N2+. The van der Waals surface area contributed by atoms with Gasteiger partial charge in [-0.1, -0.05) is 49.4 Å². The molecule has 1 atom stereocenters. The third kappa shape index (κ3) is 3.20. The lowest BCUT2D eigenvalue weighted by Crippen LogP contribution is -2.37. The van der Waals surface area contributed by atoms with E-state index in [1.165, 1.54) is 5.56 Å². The summed E-state index contributed by atoms with van der Waals surface area (Å²) in [7, 11) is 0. The Morgan fingerprint density at radius 3 is 2.43 bits per heavy atom. The highest BCUT2D eigenvalue weighted by molar-refractivity contribution is 5.14. The molecule has 2 nitrogen and oxygen atoms in total. The molecule has 0 aliphatic carbocycles. The minimum Gasteiger partial charge on any atom is -0.294 e. The summed E-state index contributed by atoms with van der Waals surface area (Å²) in [5.74, 6) is 0.413. The molecule has 0 aliphatic heterocycles. The van der Waals surface area contributed by atoms with Crippen LogP contribution in [0, 0.1) is 12.0 Å². The third-order valence-electron chi connectivity index (χ3n) is 2.19. The standard InChI is InChI=1S/C12H16N2/c1-10(2)12(8-13)14-9-11-6-4-3-5-7-11/h3-7,10,12,14H,9H2,1-2H3/p+1/t12-/m0/s1. The normalized spacial score (nSPS) is 12.4. The molecule has 74 valence electrons. The van der Waals surface area contributed by atoms with Crippen LogP contribution < -0.4 is 10.6 Å². The summed E-state index contributed by atoms with van der Waals surface area (Å²) < 4.78 is 0. The summed E-state index contributed by atoms with van der Waals surface area (Å²) >= 11 is 0. The molecule has 2 N–H and O–H groups in total. The number of benzene rings is 1. The molecule has 0 saturated carbocycles. The van der Waals surface area contributed by atoms with E-state index in [2.05, 4.69) is 37.4 Å². The molecule has 0 heterocycles. The van der Waals surface area contributed by atoms with Crippen molar-refractivity contribution < 1.29 is 5.26 Å². The van der Waals surface area contributed by atoms with Crippen LogP contribution in [0.2, 0.25) is 0 Å². The number of hydrogen-bond acceptors (Lipinski definition) is 1. The fourth-order valence-electron chi connectivity index (χ4n) is 1.28. The molecule has 0 fully saturated rings. The van der Waals surface area contributed by atoms with E-state index >= 15 is 0 Å². The predicted octanol–water partition coefficient (Wildman–Crippen LogP) is 0.574. The summed E-state index contributed by atoms with van der Waals surface area (Å²) in [6.07, 6.45) is 0. The molecule has 1 aromatic rings. The smallest absolute Gasteiger partial charge is 0.289 e. The molecule has 1 rings (SSSR count). The molecule has 0 radical (unpaired) electrons. The number of hydrogen-bond donors (Lipinski definition) is 2. The van der Waals surface area contributed by atoms with Gasteiger partial charge in [-0.3, -0.25) is 5.32 Å². The van der Waals surface area contributed by atoms with Crippen LogP contribution in [-0.4, -0.2) is 6.04 Å². The lowest BCUT2D eigenvalue weighted by Gasteiger charge is -2.12. The predicted molar refractivity (Wildman–Crippen MR) is 56.8 cm³/mol. The van der Waals surface area contributed by atoms with E-state index < -0.39 is 0 Å². The molecule has 0 bridgehead atoms. The molecule has 0 spiro atoms. The van der Waals surface area contributed by atoms with Crippen molar-refractivity contribution in [1.82, 2.24) is 5.32 Å². The molecule has 14 heavy (non-hydrogen) atoms. The van der Waals surface area contributed by atoms with Crippen LogP contribution in [0.5, 0.6) is 0 Å². The zero-order valence-corrected chi connectivity index (χ0v) is 8.75. The van der Waals surface area contributed by atoms with Crippen LogP contribution in [0.15, 0.2) is 30.3 Å². The van der Waals surface area contributed by atoms with E-state index in [0.717, 1.165) is 6.54 Å². The molecule has 1 aromatic carbocycles. The van der Waals surface area contributed by atoms with Gasteiger partial charge in [-0.15, -0.1) is 0 Å².